The largest absolute Gasteiger partial charge is 0.373 e. The van der Waals surface area contributed by atoms with E-state index in [0.29, 0.717) is 12.5 Å². The predicted octanol–water partition coefficient (Wildman–Crippen LogP) is 2.36. The van der Waals surface area contributed by atoms with Crippen LogP contribution in [0.4, 0.5) is 11.8 Å². The molecule has 0 spiro atoms. The lowest BCUT2D eigenvalue weighted by molar-refractivity contribution is 0.0769. The minimum atomic E-state index is 0.0959. The second kappa shape index (κ2) is 7.26. The maximum absolute atomic E-state index is 13.2. The third-order valence-corrected chi connectivity index (χ3v) is 5.12. The number of carbonyl (C=O) groups excluding carboxylic acids is 1. The molecule has 1 N–H and O–H groups in total. The van der Waals surface area contributed by atoms with E-state index in [-0.39, 0.29) is 5.91 Å². The van der Waals surface area contributed by atoms with Crippen LogP contribution in [0, 0.1) is 0 Å². The number of hydrogen-bond donors (Lipinski definition) is 1. The zero-order chi connectivity index (χ0) is 18.8. The number of nitrogens with one attached hydrogen (secondary N) is 1. The molecule has 0 unspecified atom stereocenters. The Morgan fingerprint density at radius 2 is 2.00 bits per heavy atom. The first kappa shape index (κ1) is 17.3. The average Bonchev–Trinajstić information content (AvgIpc) is 2.93. The van der Waals surface area contributed by atoms with Crippen LogP contribution in [0.1, 0.15) is 16.8 Å². The first-order chi connectivity index (χ1) is 13.2. The quantitative estimate of drug-likeness (QED) is 0.773. The number of carbonyl (C=O) groups is 1. The molecule has 140 valence electrons. The van der Waals surface area contributed by atoms with Gasteiger partial charge in [0.05, 0.1) is 0 Å². The molecule has 1 aliphatic heterocycles. The van der Waals surface area contributed by atoms with Crippen LogP contribution in [-0.2, 0) is 7.05 Å². The van der Waals surface area contributed by atoms with Crippen LogP contribution in [0.25, 0.3) is 10.9 Å². The van der Waals surface area contributed by atoms with E-state index >= 15 is 0 Å². The van der Waals surface area contributed by atoms with E-state index in [9.17, 15) is 4.79 Å². The number of benzene rings is 1. The van der Waals surface area contributed by atoms with E-state index in [1.54, 1.807) is 6.20 Å². The van der Waals surface area contributed by atoms with Crippen molar-refractivity contribution in [3.05, 3.63) is 48.3 Å². The monoisotopic (exact) mass is 364 g/mol. The second-order valence-electron chi connectivity index (χ2n) is 6.79. The van der Waals surface area contributed by atoms with Crippen molar-refractivity contribution in [3.8, 4) is 0 Å². The standard InChI is InChI=1S/C20H24N6O/c1-21-18-7-9-22-20(23-18)26-11-4-10-25(13-14-26)19(27)16-5-3-6-17-15(16)8-12-24(17)2/h3,5-9,12H,4,10-11,13-14H2,1-2H3,(H,21,22,23). The summed E-state index contributed by atoms with van der Waals surface area (Å²) in [5.41, 5.74) is 1.85. The molecule has 0 radical (unpaired) electrons. The van der Waals surface area contributed by atoms with Crippen LogP contribution < -0.4 is 10.2 Å². The lowest BCUT2D eigenvalue weighted by Gasteiger charge is -2.22. The first-order valence-electron chi connectivity index (χ1n) is 9.26. The summed E-state index contributed by atoms with van der Waals surface area (Å²) in [6, 6.07) is 9.79. The van der Waals surface area contributed by atoms with Gasteiger partial charge in [0.2, 0.25) is 5.95 Å². The third-order valence-electron chi connectivity index (χ3n) is 5.12. The summed E-state index contributed by atoms with van der Waals surface area (Å²) in [4.78, 5) is 26.2. The van der Waals surface area contributed by atoms with Crippen LogP contribution >= 0.6 is 0 Å². The molecule has 1 saturated heterocycles. The zero-order valence-corrected chi connectivity index (χ0v) is 15.7. The Morgan fingerprint density at radius 3 is 2.85 bits per heavy atom. The smallest absolute Gasteiger partial charge is 0.254 e. The van der Waals surface area contributed by atoms with Crippen LogP contribution in [0.2, 0.25) is 0 Å². The highest BCUT2D eigenvalue weighted by Crippen LogP contribution is 2.22. The Morgan fingerprint density at radius 1 is 1.11 bits per heavy atom. The Hall–Kier alpha value is -3.09. The van der Waals surface area contributed by atoms with Gasteiger partial charge < -0.3 is 19.7 Å². The van der Waals surface area contributed by atoms with E-state index in [2.05, 4.69) is 20.2 Å². The highest BCUT2D eigenvalue weighted by Gasteiger charge is 2.23. The molecule has 0 saturated carbocycles. The fourth-order valence-electron chi connectivity index (χ4n) is 3.62. The van der Waals surface area contributed by atoms with Crippen molar-refractivity contribution in [2.45, 2.75) is 6.42 Å². The molecule has 1 amide bonds. The summed E-state index contributed by atoms with van der Waals surface area (Å²) in [5, 5.41) is 4.06. The lowest BCUT2D eigenvalue weighted by Crippen LogP contribution is -2.35. The summed E-state index contributed by atoms with van der Waals surface area (Å²) >= 11 is 0. The molecular formula is C20H24N6O. The molecule has 1 fully saturated rings. The molecule has 27 heavy (non-hydrogen) atoms. The van der Waals surface area contributed by atoms with Gasteiger partial charge >= 0.3 is 0 Å². The van der Waals surface area contributed by atoms with E-state index in [1.807, 2.05) is 60.1 Å². The van der Waals surface area contributed by atoms with Gasteiger partial charge in [-0.05, 0) is 30.7 Å². The molecule has 3 heterocycles. The van der Waals surface area contributed by atoms with Gasteiger partial charge in [-0.2, -0.15) is 4.98 Å². The van der Waals surface area contributed by atoms with E-state index in [4.69, 9.17) is 0 Å². The molecule has 4 rings (SSSR count). The number of anilines is 2. The number of fused-ring (bicyclic) bond motifs is 1. The van der Waals surface area contributed by atoms with Gasteiger partial charge in [0.1, 0.15) is 5.82 Å². The molecule has 1 aromatic carbocycles. The van der Waals surface area contributed by atoms with Crippen molar-refractivity contribution in [3.63, 3.8) is 0 Å². The first-order valence-corrected chi connectivity index (χ1v) is 9.26. The van der Waals surface area contributed by atoms with Gasteiger partial charge in [-0.1, -0.05) is 6.07 Å². The molecule has 2 aromatic heterocycles. The van der Waals surface area contributed by atoms with Crippen molar-refractivity contribution in [2.24, 2.45) is 7.05 Å². The fraction of sp³-hybridized carbons (Fsp3) is 0.350. The predicted molar refractivity (Wildman–Crippen MR) is 107 cm³/mol. The molecule has 0 bridgehead atoms. The number of rotatable bonds is 3. The normalized spacial score (nSPS) is 15.0. The number of aromatic nitrogens is 3. The van der Waals surface area contributed by atoms with Gasteiger partial charge in [-0.3, -0.25) is 4.79 Å². The molecule has 1 aliphatic rings. The van der Waals surface area contributed by atoms with Gasteiger partial charge in [0.15, 0.2) is 0 Å². The van der Waals surface area contributed by atoms with Crippen LogP contribution in [-0.4, -0.2) is 58.6 Å². The highest BCUT2D eigenvalue weighted by atomic mass is 16.2. The molecule has 3 aromatic rings. The van der Waals surface area contributed by atoms with Crippen LogP contribution in [0.3, 0.4) is 0 Å². The van der Waals surface area contributed by atoms with Crippen molar-refractivity contribution in [1.82, 2.24) is 19.4 Å². The molecule has 0 aliphatic carbocycles. The second-order valence-corrected chi connectivity index (χ2v) is 6.79. The van der Waals surface area contributed by atoms with E-state index in [1.165, 1.54) is 0 Å². The Kier molecular flexibility index (Phi) is 4.66. The molecular weight excluding hydrogens is 340 g/mol. The molecule has 7 heteroatoms. The lowest BCUT2D eigenvalue weighted by atomic mass is 10.1. The van der Waals surface area contributed by atoms with Crippen molar-refractivity contribution >= 4 is 28.6 Å². The third kappa shape index (κ3) is 3.32. The Bertz CT molecular complexity index is 966. The fourth-order valence-corrected chi connectivity index (χ4v) is 3.62. The van der Waals surface area contributed by atoms with Gasteiger partial charge in [-0.15, -0.1) is 0 Å². The summed E-state index contributed by atoms with van der Waals surface area (Å²) in [7, 11) is 3.85. The molecule has 0 atom stereocenters. The van der Waals surface area contributed by atoms with Crippen LogP contribution in [0.15, 0.2) is 42.7 Å². The van der Waals surface area contributed by atoms with E-state index < -0.39 is 0 Å². The average molecular weight is 364 g/mol. The Balaban J connectivity index is 1.53. The topological polar surface area (TPSA) is 66.3 Å². The maximum Gasteiger partial charge on any atom is 0.254 e. The minimum Gasteiger partial charge on any atom is -0.373 e. The van der Waals surface area contributed by atoms with Crippen molar-refractivity contribution in [2.75, 3.05) is 43.4 Å². The summed E-state index contributed by atoms with van der Waals surface area (Å²) in [6.45, 7) is 2.97. The number of hydrogen-bond acceptors (Lipinski definition) is 5. The van der Waals surface area contributed by atoms with Crippen molar-refractivity contribution in [1.29, 1.82) is 0 Å². The summed E-state index contributed by atoms with van der Waals surface area (Å²) in [6.07, 6.45) is 4.65. The zero-order valence-electron chi connectivity index (χ0n) is 15.7. The van der Waals surface area contributed by atoms with Gasteiger partial charge in [0.25, 0.3) is 5.91 Å². The highest BCUT2D eigenvalue weighted by molar-refractivity contribution is 6.06. The van der Waals surface area contributed by atoms with Crippen LogP contribution in [0.5, 0.6) is 0 Å². The van der Waals surface area contributed by atoms with E-state index in [0.717, 1.165) is 48.3 Å². The minimum absolute atomic E-state index is 0.0959. The van der Waals surface area contributed by atoms with Gasteiger partial charge in [0, 0.05) is 69.1 Å². The number of amides is 1. The Labute approximate surface area is 158 Å². The summed E-state index contributed by atoms with van der Waals surface area (Å²) < 4.78 is 2.04. The number of aryl methyl sites for hydroxylation is 1. The van der Waals surface area contributed by atoms with Gasteiger partial charge in [-0.25, -0.2) is 4.98 Å². The molecule has 7 nitrogen and oxygen atoms in total. The van der Waals surface area contributed by atoms with Crippen molar-refractivity contribution < 1.29 is 4.79 Å². The SMILES string of the molecule is CNc1ccnc(N2CCCN(C(=O)c3cccc4c3ccn4C)CC2)n1. The number of nitrogens with zero attached hydrogens (tertiary/aromatic N) is 5. The maximum atomic E-state index is 13.2. The summed E-state index contributed by atoms with van der Waals surface area (Å²) in [5.74, 6) is 1.60.